The number of amides is 1. The molecule has 0 saturated carbocycles. The lowest BCUT2D eigenvalue weighted by atomic mass is 9.71. The Morgan fingerprint density at radius 3 is 2.28 bits per heavy atom. The Morgan fingerprint density at radius 1 is 1.00 bits per heavy atom. The molecule has 7 heteroatoms. The first-order valence-corrected chi connectivity index (χ1v) is 12.8. The van der Waals surface area contributed by atoms with E-state index in [1.807, 2.05) is 44.3 Å². The number of carbonyl (C=O) groups is 3. The second-order valence-corrected chi connectivity index (χ2v) is 10.1. The van der Waals surface area contributed by atoms with Crippen LogP contribution in [-0.2, 0) is 14.4 Å². The third-order valence-electron chi connectivity index (χ3n) is 7.19. The van der Waals surface area contributed by atoms with Gasteiger partial charge < -0.3 is 15.0 Å². The number of Topliss-reactive ketones (excluding diaryl/α,β-unsaturated/α-hetero) is 2. The number of allylic oxidation sites excluding steroid dienone is 4. The number of hydrogen-bond donors (Lipinski definition) is 1. The normalized spacial score (nSPS) is 18.2. The number of aryl methyl sites for hydroxylation is 1. The van der Waals surface area contributed by atoms with E-state index in [0.717, 1.165) is 59.4 Å². The van der Waals surface area contributed by atoms with Crippen molar-refractivity contribution in [1.82, 2.24) is 4.90 Å². The maximum absolute atomic E-state index is 13.1. The maximum atomic E-state index is 13.1. The van der Waals surface area contributed by atoms with Crippen LogP contribution in [0, 0.1) is 6.92 Å². The zero-order valence-electron chi connectivity index (χ0n) is 20.5. The second-order valence-electron chi connectivity index (χ2n) is 9.66. The summed E-state index contributed by atoms with van der Waals surface area (Å²) >= 11 is 6.60. The first-order valence-electron chi connectivity index (χ1n) is 12.4. The topological polar surface area (TPSA) is 75.7 Å². The van der Waals surface area contributed by atoms with Crippen molar-refractivity contribution in [2.45, 2.75) is 51.4 Å². The minimum Gasteiger partial charge on any atom is -0.482 e. The van der Waals surface area contributed by atoms with Gasteiger partial charge in [0.1, 0.15) is 5.75 Å². The number of rotatable bonds is 5. The molecule has 2 aliphatic carbocycles. The fourth-order valence-electron chi connectivity index (χ4n) is 5.56. The molecular formula is C29H29ClN2O4. The fourth-order valence-corrected chi connectivity index (χ4v) is 5.81. The van der Waals surface area contributed by atoms with Crippen molar-refractivity contribution < 1.29 is 19.1 Å². The summed E-state index contributed by atoms with van der Waals surface area (Å²) in [6, 6.07) is 12.9. The minimum atomic E-state index is -0.414. The van der Waals surface area contributed by atoms with Crippen LogP contribution in [0.4, 0.5) is 5.69 Å². The number of anilines is 1. The van der Waals surface area contributed by atoms with E-state index in [4.69, 9.17) is 16.3 Å². The number of nitrogens with one attached hydrogen (secondary N) is 1. The van der Waals surface area contributed by atoms with E-state index in [1.54, 1.807) is 12.1 Å². The van der Waals surface area contributed by atoms with Crippen molar-refractivity contribution in [2.24, 2.45) is 0 Å². The Labute approximate surface area is 216 Å². The third kappa shape index (κ3) is 4.58. The molecule has 0 atom stereocenters. The molecule has 0 saturated heterocycles. The molecule has 0 fully saturated rings. The number of hydrogen-bond acceptors (Lipinski definition) is 5. The molecule has 0 radical (unpaired) electrons. The molecule has 186 valence electrons. The number of nitrogens with zero attached hydrogens (tertiary/aromatic N) is 1. The van der Waals surface area contributed by atoms with E-state index >= 15 is 0 Å². The third-order valence-corrected chi connectivity index (χ3v) is 7.49. The van der Waals surface area contributed by atoms with Gasteiger partial charge >= 0.3 is 0 Å². The van der Waals surface area contributed by atoms with Crippen LogP contribution in [0.2, 0.25) is 5.02 Å². The Morgan fingerprint density at radius 2 is 1.67 bits per heavy atom. The van der Waals surface area contributed by atoms with Gasteiger partial charge in [0.25, 0.3) is 5.91 Å². The lowest BCUT2D eigenvalue weighted by molar-refractivity contribution is -0.118. The van der Waals surface area contributed by atoms with Crippen LogP contribution >= 0.6 is 11.6 Å². The predicted octanol–water partition coefficient (Wildman–Crippen LogP) is 5.71. The van der Waals surface area contributed by atoms with Gasteiger partial charge in [0, 0.05) is 54.0 Å². The molecule has 1 amide bonds. The monoisotopic (exact) mass is 504 g/mol. The SMILES string of the molecule is Cc1cccc(NC(=O)COc2ccc(C3C4=C(CCCC4=O)N(C)C4=C3C(=O)CCC4)cc2Cl)c1. The van der Waals surface area contributed by atoms with E-state index in [2.05, 4.69) is 10.2 Å². The van der Waals surface area contributed by atoms with Crippen LogP contribution in [0.5, 0.6) is 5.75 Å². The van der Waals surface area contributed by atoms with Gasteiger partial charge in [0.15, 0.2) is 18.2 Å². The lowest BCUT2D eigenvalue weighted by Crippen LogP contribution is -2.37. The van der Waals surface area contributed by atoms with Gasteiger partial charge in [-0.15, -0.1) is 0 Å². The second kappa shape index (κ2) is 9.94. The van der Waals surface area contributed by atoms with E-state index in [1.165, 1.54) is 0 Å². The molecule has 0 unspecified atom stereocenters. The molecule has 0 spiro atoms. The quantitative estimate of drug-likeness (QED) is 0.564. The summed E-state index contributed by atoms with van der Waals surface area (Å²) in [6.07, 6.45) is 4.27. The largest absolute Gasteiger partial charge is 0.482 e. The smallest absolute Gasteiger partial charge is 0.262 e. The van der Waals surface area contributed by atoms with Crippen molar-refractivity contribution in [3.05, 3.63) is 81.2 Å². The molecule has 3 aliphatic rings. The Hall–Kier alpha value is -3.38. The highest BCUT2D eigenvalue weighted by Gasteiger charge is 2.42. The first kappa shape index (κ1) is 24.3. The Bertz CT molecular complexity index is 1280. The van der Waals surface area contributed by atoms with Gasteiger partial charge in [-0.2, -0.15) is 0 Å². The van der Waals surface area contributed by atoms with Crippen LogP contribution < -0.4 is 10.1 Å². The average molecular weight is 505 g/mol. The standard InChI is InChI=1S/C29H29ClN2O4/c1-17-6-3-7-19(14-17)31-26(35)16-36-25-13-12-18(15-20(25)30)27-28-21(8-4-10-23(28)33)32(2)22-9-5-11-24(34)29(22)27/h3,6-7,12-15,27H,4-5,8-11,16H2,1-2H3,(H,31,35). The molecule has 36 heavy (non-hydrogen) atoms. The summed E-state index contributed by atoms with van der Waals surface area (Å²) in [5, 5.41) is 3.15. The summed E-state index contributed by atoms with van der Waals surface area (Å²) in [6.45, 7) is 1.76. The highest BCUT2D eigenvalue weighted by molar-refractivity contribution is 6.32. The predicted molar refractivity (Wildman–Crippen MR) is 139 cm³/mol. The average Bonchev–Trinajstić information content (AvgIpc) is 2.84. The van der Waals surface area contributed by atoms with Gasteiger partial charge in [-0.1, -0.05) is 29.8 Å². The molecule has 1 N–H and O–H groups in total. The zero-order chi connectivity index (χ0) is 25.4. The number of halogens is 1. The number of benzene rings is 2. The van der Waals surface area contributed by atoms with Crippen molar-refractivity contribution in [3.8, 4) is 5.75 Å². The molecule has 2 aromatic rings. The number of ketones is 2. The van der Waals surface area contributed by atoms with Crippen LogP contribution in [0.1, 0.15) is 55.6 Å². The Balaban J connectivity index is 1.40. The number of ether oxygens (including phenoxy) is 1. The molecule has 6 nitrogen and oxygen atoms in total. The van der Waals surface area contributed by atoms with Gasteiger partial charge in [-0.05, 0) is 68.0 Å². The van der Waals surface area contributed by atoms with E-state index in [9.17, 15) is 14.4 Å². The lowest BCUT2D eigenvalue weighted by Gasteiger charge is -2.42. The van der Waals surface area contributed by atoms with Gasteiger partial charge in [0.05, 0.1) is 5.02 Å². The molecular weight excluding hydrogens is 476 g/mol. The van der Waals surface area contributed by atoms with Crippen molar-refractivity contribution >= 4 is 34.8 Å². The molecule has 0 bridgehead atoms. The minimum absolute atomic E-state index is 0.0993. The maximum Gasteiger partial charge on any atom is 0.262 e. The summed E-state index contributed by atoms with van der Waals surface area (Å²) in [5.74, 6) is -0.130. The van der Waals surface area contributed by atoms with E-state index in [0.29, 0.717) is 29.3 Å². The van der Waals surface area contributed by atoms with Gasteiger partial charge in [0.2, 0.25) is 0 Å². The molecule has 5 rings (SSSR count). The highest BCUT2D eigenvalue weighted by atomic mass is 35.5. The van der Waals surface area contributed by atoms with Gasteiger partial charge in [-0.25, -0.2) is 0 Å². The first-order chi connectivity index (χ1) is 17.3. The van der Waals surface area contributed by atoms with Crippen LogP contribution in [0.15, 0.2) is 65.0 Å². The number of carbonyl (C=O) groups excluding carboxylic acids is 3. The summed E-state index contributed by atoms with van der Waals surface area (Å²) in [5.41, 5.74) is 6.04. The molecule has 0 aromatic heterocycles. The van der Waals surface area contributed by atoms with Crippen LogP contribution in [-0.4, -0.2) is 36.0 Å². The zero-order valence-corrected chi connectivity index (χ0v) is 21.3. The van der Waals surface area contributed by atoms with Crippen molar-refractivity contribution in [1.29, 1.82) is 0 Å². The summed E-state index contributed by atoms with van der Waals surface area (Å²) in [7, 11) is 1.98. The molecule has 1 aliphatic heterocycles. The Kier molecular flexibility index (Phi) is 6.71. The van der Waals surface area contributed by atoms with Crippen LogP contribution in [0.3, 0.4) is 0 Å². The van der Waals surface area contributed by atoms with E-state index in [-0.39, 0.29) is 24.1 Å². The van der Waals surface area contributed by atoms with E-state index < -0.39 is 5.92 Å². The highest BCUT2D eigenvalue weighted by Crippen LogP contribution is 2.49. The van der Waals surface area contributed by atoms with Gasteiger partial charge in [-0.3, -0.25) is 14.4 Å². The molecule has 2 aromatic carbocycles. The molecule has 1 heterocycles. The van der Waals surface area contributed by atoms with Crippen molar-refractivity contribution in [3.63, 3.8) is 0 Å². The van der Waals surface area contributed by atoms with Crippen LogP contribution in [0.25, 0.3) is 0 Å². The summed E-state index contributed by atoms with van der Waals surface area (Å²) in [4.78, 5) is 40.7. The fraction of sp³-hybridized carbons (Fsp3) is 0.345. The van der Waals surface area contributed by atoms with Crippen molar-refractivity contribution in [2.75, 3.05) is 19.0 Å². The summed E-state index contributed by atoms with van der Waals surface area (Å²) < 4.78 is 5.71.